The van der Waals surface area contributed by atoms with Gasteiger partial charge in [0.1, 0.15) is 5.82 Å². The molecule has 0 saturated heterocycles. The lowest BCUT2D eigenvalue weighted by molar-refractivity contribution is -0.120. The standard InChI is InChI=1S/C17H18ClFN2O/c1-12(17(22)20-15-9-7-14(18)8-10-15)21(2)11-13-5-3-4-6-16(13)19/h3-10,12H,11H2,1-2H3,(H,20,22). The van der Waals surface area contributed by atoms with Crippen molar-refractivity contribution in [1.82, 2.24) is 4.90 Å². The summed E-state index contributed by atoms with van der Waals surface area (Å²) in [6, 6.07) is 13.1. The van der Waals surface area contributed by atoms with Gasteiger partial charge in [-0.25, -0.2) is 4.39 Å². The molecule has 3 nitrogen and oxygen atoms in total. The van der Waals surface area contributed by atoms with Crippen molar-refractivity contribution in [3.8, 4) is 0 Å². The maximum absolute atomic E-state index is 13.7. The molecule has 0 heterocycles. The van der Waals surface area contributed by atoms with Crippen LogP contribution in [0, 0.1) is 5.82 Å². The van der Waals surface area contributed by atoms with E-state index >= 15 is 0 Å². The molecule has 1 amide bonds. The molecule has 2 aromatic carbocycles. The molecule has 2 rings (SSSR count). The zero-order chi connectivity index (χ0) is 16.1. The van der Waals surface area contributed by atoms with Crippen molar-refractivity contribution in [3.63, 3.8) is 0 Å². The van der Waals surface area contributed by atoms with Crippen LogP contribution in [0.25, 0.3) is 0 Å². The third-order valence-electron chi connectivity index (χ3n) is 3.53. The minimum absolute atomic E-state index is 0.152. The number of carbonyl (C=O) groups excluding carboxylic acids is 1. The SMILES string of the molecule is CC(C(=O)Nc1ccc(Cl)cc1)N(C)Cc1ccccc1F. The van der Waals surface area contributed by atoms with Crippen LogP contribution in [0.3, 0.4) is 0 Å². The van der Waals surface area contributed by atoms with E-state index in [0.717, 1.165) is 0 Å². The molecule has 1 unspecified atom stereocenters. The summed E-state index contributed by atoms with van der Waals surface area (Å²) in [6.45, 7) is 2.15. The van der Waals surface area contributed by atoms with Gasteiger partial charge in [-0.3, -0.25) is 9.69 Å². The smallest absolute Gasteiger partial charge is 0.241 e. The molecule has 0 aromatic heterocycles. The van der Waals surface area contributed by atoms with Crippen LogP contribution < -0.4 is 5.32 Å². The van der Waals surface area contributed by atoms with E-state index in [0.29, 0.717) is 22.8 Å². The lowest BCUT2D eigenvalue weighted by atomic mass is 10.1. The first-order chi connectivity index (χ1) is 10.5. The fraction of sp³-hybridized carbons (Fsp3) is 0.235. The molecule has 1 atom stereocenters. The van der Waals surface area contributed by atoms with Crippen LogP contribution in [-0.4, -0.2) is 23.9 Å². The Morgan fingerprint density at radius 1 is 1.23 bits per heavy atom. The Hall–Kier alpha value is -1.91. The van der Waals surface area contributed by atoms with Crippen molar-refractivity contribution >= 4 is 23.2 Å². The predicted molar refractivity (Wildman–Crippen MR) is 87.4 cm³/mol. The summed E-state index contributed by atoms with van der Waals surface area (Å²) in [7, 11) is 1.79. The molecule has 0 radical (unpaired) electrons. The number of hydrogen-bond acceptors (Lipinski definition) is 2. The highest BCUT2D eigenvalue weighted by Crippen LogP contribution is 2.15. The Bertz CT molecular complexity index is 645. The van der Waals surface area contributed by atoms with Gasteiger partial charge in [0, 0.05) is 22.8 Å². The van der Waals surface area contributed by atoms with Crippen LogP contribution in [-0.2, 0) is 11.3 Å². The zero-order valence-corrected chi connectivity index (χ0v) is 13.3. The number of nitrogens with zero attached hydrogens (tertiary/aromatic N) is 1. The first-order valence-electron chi connectivity index (χ1n) is 6.97. The fourth-order valence-electron chi connectivity index (χ4n) is 2.01. The van der Waals surface area contributed by atoms with Gasteiger partial charge < -0.3 is 5.32 Å². The number of rotatable bonds is 5. The molecule has 0 aliphatic carbocycles. The molecule has 0 spiro atoms. The molecule has 0 fully saturated rings. The third-order valence-corrected chi connectivity index (χ3v) is 3.78. The summed E-state index contributed by atoms with van der Waals surface area (Å²) < 4.78 is 13.7. The maximum Gasteiger partial charge on any atom is 0.241 e. The van der Waals surface area contributed by atoms with E-state index in [1.165, 1.54) is 6.07 Å². The summed E-state index contributed by atoms with van der Waals surface area (Å²) in [5, 5.41) is 3.43. The number of carbonyl (C=O) groups is 1. The van der Waals surface area contributed by atoms with Crippen LogP contribution in [0.4, 0.5) is 10.1 Å². The Morgan fingerprint density at radius 2 is 1.86 bits per heavy atom. The summed E-state index contributed by atoms with van der Waals surface area (Å²) in [5.74, 6) is -0.416. The lowest BCUT2D eigenvalue weighted by Crippen LogP contribution is -2.39. The van der Waals surface area contributed by atoms with Gasteiger partial charge in [0.05, 0.1) is 6.04 Å². The van der Waals surface area contributed by atoms with Gasteiger partial charge in [0.15, 0.2) is 0 Å². The minimum Gasteiger partial charge on any atom is -0.325 e. The first-order valence-corrected chi connectivity index (χ1v) is 7.35. The van der Waals surface area contributed by atoms with Crippen LogP contribution in [0.15, 0.2) is 48.5 Å². The molecule has 2 aromatic rings. The van der Waals surface area contributed by atoms with Crippen LogP contribution in [0.5, 0.6) is 0 Å². The third kappa shape index (κ3) is 4.29. The molecule has 0 bridgehead atoms. The van der Waals surface area contributed by atoms with Gasteiger partial charge in [-0.05, 0) is 44.3 Å². The van der Waals surface area contributed by atoms with Crippen molar-refractivity contribution in [2.45, 2.75) is 19.5 Å². The first kappa shape index (κ1) is 16.5. The van der Waals surface area contributed by atoms with E-state index in [2.05, 4.69) is 5.32 Å². The average Bonchev–Trinajstić information content (AvgIpc) is 2.51. The number of amides is 1. The van der Waals surface area contributed by atoms with E-state index in [-0.39, 0.29) is 11.7 Å². The topological polar surface area (TPSA) is 32.3 Å². The molecular weight excluding hydrogens is 303 g/mol. The Kier molecular flexibility index (Phi) is 5.52. The van der Waals surface area contributed by atoms with Crippen molar-refractivity contribution < 1.29 is 9.18 Å². The van der Waals surface area contributed by atoms with Gasteiger partial charge in [0.25, 0.3) is 0 Å². The predicted octanol–water partition coefficient (Wildman–Crippen LogP) is 3.94. The summed E-state index contributed by atoms with van der Waals surface area (Å²) >= 11 is 5.81. The zero-order valence-electron chi connectivity index (χ0n) is 12.5. The number of benzene rings is 2. The van der Waals surface area contributed by atoms with E-state index in [1.807, 2.05) is 0 Å². The Labute approximate surface area is 134 Å². The fourth-order valence-corrected chi connectivity index (χ4v) is 2.14. The van der Waals surface area contributed by atoms with Crippen molar-refractivity contribution in [2.75, 3.05) is 12.4 Å². The molecular formula is C17H18ClFN2O. The molecule has 5 heteroatoms. The van der Waals surface area contributed by atoms with Gasteiger partial charge in [-0.2, -0.15) is 0 Å². The monoisotopic (exact) mass is 320 g/mol. The Balaban J connectivity index is 1.97. The molecule has 0 saturated carbocycles. The number of hydrogen-bond donors (Lipinski definition) is 1. The minimum atomic E-state index is -0.393. The number of nitrogens with one attached hydrogen (secondary N) is 1. The summed E-state index contributed by atoms with van der Waals surface area (Å²) in [4.78, 5) is 14.0. The lowest BCUT2D eigenvalue weighted by Gasteiger charge is -2.24. The van der Waals surface area contributed by atoms with Crippen LogP contribution in [0.1, 0.15) is 12.5 Å². The second-order valence-corrected chi connectivity index (χ2v) is 5.62. The second-order valence-electron chi connectivity index (χ2n) is 5.18. The number of halogens is 2. The van der Waals surface area contributed by atoms with Crippen molar-refractivity contribution in [2.24, 2.45) is 0 Å². The Morgan fingerprint density at radius 3 is 2.50 bits per heavy atom. The summed E-state index contributed by atoms with van der Waals surface area (Å²) in [6.07, 6.45) is 0. The normalized spacial score (nSPS) is 12.2. The maximum atomic E-state index is 13.7. The second kappa shape index (κ2) is 7.38. The highest BCUT2D eigenvalue weighted by Gasteiger charge is 2.19. The van der Waals surface area contributed by atoms with E-state index in [9.17, 15) is 9.18 Å². The van der Waals surface area contributed by atoms with Crippen molar-refractivity contribution in [1.29, 1.82) is 0 Å². The molecule has 0 aliphatic heterocycles. The molecule has 22 heavy (non-hydrogen) atoms. The average molecular weight is 321 g/mol. The van der Waals surface area contributed by atoms with Gasteiger partial charge >= 0.3 is 0 Å². The van der Waals surface area contributed by atoms with Crippen molar-refractivity contribution in [3.05, 3.63) is 64.9 Å². The van der Waals surface area contributed by atoms with Gasteiger partial charge in [0.2, 0.25) is 5.91 Å². The van der Waals surface area contributed by atoms with E-state index in [1.54, 1.807) is 61.3 Å². The van der Waals surface area contributed by atoms with Crippen LogP contribution >= 0.6 is 11.6 Å². The quantitative estimate of drug-likeness (QED) is 0.905. The number of anilines is 1. The molecule has 116 valence electrons. The number of likely N-dealkylation sites (N-methyl/N-ethyl adjacent to an activating group) is 1. The summed E-state index contributed by atoms with van der Waals surface area (Å²) in [5.41, 5.74) is 1.25. The molecule has 0 aliphatic rings. The van der Waals surface area contributed by atoms with E-state index < -0.39 is 6.04 Å². The largest absolute Gasteiger partial charge is 0.325 e. The van der Waals surface area contributed by atoms with Gasteiger partial charge in [-0.1, -0.05) is 29.8 Å². The highest BCUT2D eigenvalue weighted by molar-refractivity contribution is 6.30. The molecule has 1 N–H and O–H groups in total. The van der Waals surface area contributed by atoms with E-state index in [4.69, 9.17) is 11.6 Å². The van der Waals surface area contributed by atoms with Crippen LogP contribution in [0.2, 0.25) is 5.02 Å². The highest BCUT2D eigenvalue weighted by atomic mass is 35.5. The van der Waals surface area contributed by atoms with Gasteiger partial charge in [-0.15, -0.1) is 0 Å².